The van der Waals surface area contributed by atoms with E-state index in [4.69, 9.17) is 0 Å². The summed E-state index contributed by atoms with van der Waals surface area (Å²) < 4.78 is 40.4. The van der Waals surface area contributed by atoms with Gasteiger partial charge in [0, 0.05) is 7.05 Å². The predicted molar refractivity (Wildman–Crippen MR) is 86.5 cm³/mol. The number of aryl methyl sites for hydroxylation is 2. The summed E-state index contributed by atoms with van der Waals surface area (Å²) in [6.45, 7) is 1.94. The summed E-state index contributed by atoms with van der Waals surface area (Å²) in [4.78, 5) is 28.5. The first-order valence-electron chi connectivity index (χ1n) is 7.42. The fourth-order valence-electron chi connectivity index (χ4n) is 2.55. The number of hydrogen-bond donors (Lipinski definition) is 0. The quantitative estimate of drug-likeness (QED) is 0.714. The van der Waals surface area contributed by atoms with Crippen LogP contribution in [-0.4, -0.2) is 14.1 Å². The highest BCUT2D eigenvalue weighted by molar-refractivity contribution is 5.74. The average Bonchev–Trinajstić information content (AvgIpc) is 2.57. The van der Waals surface area contributed by atoms with Crippen molar-refractivity contribution in [3.05, 3.63) is 74.1 Å². The molecule has 2 aromatic heterocycles. The van der Waals surface area contributed by atoms with Gasteiger partial charge in [0.25, 0.3) is 5.56 Å². The molecule has 5 nitrogen and oxygen atoms in total. The predicted octanol–water partition coefficient (Wildman–Crippen LogP) is 2.47. The van der Waals surface area contributed by atoms with Gasteiger partial charge in [-0.05, 0) is 24.6 Å². The van der Waals surface area contributed by atoms with Crippen LogP contribution in [0.25, 0.3) is 11.0 Å². The van der Waals surface area contributed by atoms with Gasteiger partial charge >= 0.3 is 11.9 Å². The van der Waals surface area contributed by atoms with E-state index >= 15 is 0 Å². The molecule has 0 N–H and O–H groups in total. The Morgan fingerprint density at radius 3 is 2.28 bits per heavy atom. The maximum absolute atomic E-state index is 12.8. The zero-order valence-electron chi connectivity index (χ0n) is 13.5. The minimum Gasteiger partial charge on any atom is -0.280 e. The van der Waals surface area contributed by atoms with E-state index in [1.54, 1.807) is 12.1 Å². The first-order chi connectivity index (χ1) is 11.7. The van der Waals surface area contributed by atoms with Crippen molar-refractivity contribution in [2.45, 2.75) is 19.6 Å². The molecule has 0 aliphatic rings. The summed E-state index contributed by atoms with van der Waals surface area (Å²) >= 11 is 0. The molecule has 0 saturated carbocycles. The zero-order chi connectivity index (χ0) is 18.4. The largest absolute Gasteiger partial charge is 0.433 e. The Morgan fingerprint density at radius 2 is 1.68 bits per heavy atom. The van der Waals surface area contributed by atoms with Gasteiger partial charge in [-0.1, -0.05) is 29.8 Å². The van der Waals surface area contributed by atoms with E-state index in [0.29, 0.717) is 0 Å². The number of halogens is 3. The van der Waals surface area contributed by atoms with Crippen molar-refractivity contribution in [3.8, 4) is 0 Å². The number of hydrogen-bond acceptors (Lipinski definition) is 3. The van der Waals surface area contributed by atoms with Gasteiger partial charge in [-0.2, -0.15) is 13.2 Å². The standard InChI is InChI=1S/C17H14F3N3O2/c1-10-3-5-11(6-4-10)9-23-15(24)12-7-8-13(17(18,19)20)21-14(12)22(2)16(23)25/h3-8H,9H2,1-2H3. The molecule has 0 aliphatic heterocycles. The Morgan fingerprint density at radius 1 is 1.04 bits per heavy atom. The van der Waals surface area contributed by atoms with Gasteiger partial charge in [-0.3, -0.25) is 13.9 Å². The Bertz CT molecular complexity index is 1060. The summed E-state index contributed by atoms with van der Waals surface area (Å²) in [5.41, 5.74) is -1.05. The summed E-state index contributed by atoms with van der Waals surface area (Å²) in [6, 6.07) is 9.07. The molecule has 0 radical (unpaired) electrons. The van der Waals surface area contributed by atoms with E-state index in [0.717, 1.165) is 32.4 Å². The van der Waals surface area contributed by atoms with Gasteiger partial charge in [-0.15, -0.1) is 0 Å². The Kier molecular flexibility index (Phi) is 3.98. The number of fused-ring (bicyclic) bond motifs is 1. The molecular formula is C17H14F3N3O2. The van der Waals surface area contributed by atoms with Crippen molar-refractivity contribution in [3.63, 3.8) is 0 Å². The fourth-order valence-corrected chi connectivity index (χ4v) is 2.55. The number of alkyl halides is 3. The topological polar surface area (TPSA) is 56.9 Å². The third-order valence-electron chi connectivity index (χ3n) is 3.94. The second-order valence-electron chi connectivity index (χ2n) is 5.78. The minimum atomic E-state index is -4.65. The van der Waals surface area contributed by atoms with E-state index in [1.807, 2.05) is 19.1 Å². The second-order valence-corrected chi connectivity index (χ2v) is 5.78. The van der Waals surface area contributed by atoms with Gasteiger partial charge in [0.05, 0.1) is 11.9 Å². The highest BCUT2D eigenvalue weighted by atomic mass is 19.4. The van der Waals surface area contributed by atoms with Crippen LogP contribution in [0, 0.1) is 6.92 Å². The van der Waals surface area contributed by atoms with Crippen LogP contribution in [0.3, 0.4) is 0 Å². The lowest BCUT2D eigenvalue weighted by Gasteiger charge is -2.12. The Balaban J connectivity index is 2.20. The van der Waals surface area contributed by atoms with E-state index in [9.17, 15) is 22.8 Å². The number of benzene rings is 1. The lowest BCUT2D eigenvalue weighted by atomic mass is 10.1. The van der Waals surface area contributed by atoms with Crippen molar-refractivity contribution in [1.29, 1.82) is 0 Å². The molecule has 0 aliphatic carbocycles. The van der Waals surface area contributed by atoms with Gasteiger partial charge in [0.2, 0.25) is 0 Å². The molecule has 0 fully saturated rings. The molecule has 0 unspecified atom stereocenters. The van der Waals surface area contributed by atoms with Crippen LogP contribution in [0.2, 0.25) is 0 Å². The normalized spacial score (nSPS) is 11.9. The van der Waals surface area contributed by atoms with Gasteiger partial charge in [0.15, 0.2) is 0 Å². The summed E-state index contributed by atoms with van der Waals surface area (Å²) in [6.07, 6.45) is -4.65. The third-order valence-corrected chi connectivity index (χ3v) is 3.94. The highest BCUT2D eigenvalue weighted by Gasteiger charge is 2.33. The van der Waals surface area contributed by atoms with E-state index in [2.05, 4.69) is 4.98 Å². The summed E-state index contributed by atoms with van der Waals surface area (Å²) in [5, 5.41) is -0.0396. The van der Waals surface area contributed by atoms with Gasteiger partial charge in [-0.25, -0.2) is 9.78 Å². The van der Waals surface area contributed by atoms with Crippen LogP contribution < -0.4 is 11.2 Å². The first-order valence-corrected chi connectivity index (χ1v) is 7.42. The molecule has 1 aromatic carbocycles. The number of aromatic nitrogens is 3. The van der Waals surface area contributed by atoms with E-state index < -0.39 is 23.1 Å². The smallest absolute Gasteiger partial charge is 0.280 e. The van der Waals surface area contributed by atoms with Crippen molar-refractivity contribution in [1.82, 2.24) is 14.1 Å². The molecule has 130 valence electrons. The van der Waals surface area contributed by atoms with Gasteiger partial charge < -0.3 is 0 Å². The number of pyridine rings is 1. The van der Waals surface area contributed by atoms with E-state index in [1.165, 1.54) is 7.05 Å². The first kappa shape index (κ1) is 16.9. The third kappa shape index (κ3) is 3.07. The number of nitrogens with zero attached hydrogens (tertiary/aromatic N) is 3. The molecule has 0 atom stereocenters. The fraction of sp³-hybridized carbons (Fsp3) is 0.235. The summed E-state index contributed by atoms with van der Waals surface area (Å²) in [5.74, 6) is 0. The van der Waals surface area contributed by atoms with Crippen molar-refractivity contribution in [2.24, 2.45) is 7.05 Å². The second kappa shape index (κ2) is 5.87. The molecule has 3 rings (SSSR count). The van der Waals surface area contributed by atoms with Crippen LogP contribution in [0.4, 0.5) is 13.2 Å². The molecule has 25 heavy (non-hydrogen) atoms. The maximum Gasteiger partial charge on any atom is 0.433 e. The van der Waals surface area contributed by atoms with Crippen LogP contribution in [0.5, 0.6) is 0 Å². The number of rotatable bonds is 2. The Hall–Kier alpha value is -2.90. The maximum atomic E-state index is 12.8. The van der Waals surface area contributed by atoms with Crippen molar-refractivity contribution in [2.75, 3.05) is 0 Å². The molecule has 3 aromatic rings. The minimum absolute atomic E-state index is 0.0305. The van der Waals surface area contributed by atoms with E-state index in [-0.39, 0.29) is 17.6 Å². The molecule has 8 heteroatoms. The van der Waals surface area contributed by atoms with Gasteiger partial charge in [0.1, 0.15) is 11.3 Å². The monoisotopic (exact) mass is 349 g/mol. The molecule has 0 saturated heterocycles. The van der Waals surface area contributed by atoms with Crippen LogP contribution >= 0.6 is 0 Å². The lowest BCUT2D eigenvalue weighted by Crippen LogP contribution is -2.39. The SMILES string of the molecule is Cc1ccc(Cn2c(=O)c3ccc(C(F)(F)F)nc3n(C)c2=O)cc1. The molecule has 0 bridgehead atoms. The molecular weight excluding hydrogens is 335 g/mol. The lowest BCUT2D eigenvalue weighted by molar-refractivity contribution is -0.141. The molecule has 0 amide bonds. The highest BCUT2D eigenvalue weighted by Crippen LogP contribution is 2.28. The van der Waals surface area contributed by atoms with Crippen LogP contribution in [-0.2, 0) is 19.8 Å². The molecule has 0 spiro atoms. The zero-order valence-corrected chi connectivity index (χ0v) is 13.5. The summed E-state index contributed by atoms with van der Waals surface area (Å²) in [7, 11) is 1.29. The molecule has 2 heterocycles. The van der Waals surface area contributed by atoms with Crippen LogP contribution in [0.1, 0.15) is 16.8 Å². The van der Waals surface area contributed by atoms with Crippen molar-refractivity contribution < 1.29 is 13.2 Å². The Labute approximate surface area is 140 Å². The van der Waals surface area contributed by atoms with Crippen molar-refractivity contribution >= 4 is 11.0 Å². The average molecular weight is 349 g/mol. The van der Waals surface area contributed by atoms with Crippen LogP contribution in [0.15, 0.2) is 46.0 Å².